The first kappa shape index (κ1) is 18.8. The number of alkyl halides is 2. The van der Waals surface area contributed by atoms with Gasteiger partial charge in [-0.15, -0.1) is 0 Å². The van der Waals surface area contributed by atoms with Crippen LogP contribution in [0.3, 0.4) is 0 Å². The van der Waals surface area contributed by atoms with E-state index in [-0.39, 0.29) is 24.5 Å². The van der Waals surface area contributed by atoms with Crippen molar-refractivity contribution in [2.75, 3.05) is 18.0 Å². The van der Waals surface area contributed by atoms with Crippen molar-refractivity contribution in [1.29, 1.82) is 0 Å². The molecule has 0 radical (unpaired) electrons. The smallest absolute Gasteiger partial charge is 0.408 e. The number of carbonyl (C=O) groups is 1. The van der Waals surface area contributed by atoms with Gasteiger partial charge in [0, 0.05) is 25.7 Å². The van der Waals surface area contributed by atoms with E-state index in [0.717, 1.165) is 6.20 Å². The van der Waals surface area contributed by atoms with Crippen LogP contribution in [0.1, 0.15) is 27.2 Å². The Hall–Kier alpha value is -2.52. The first-order chi connectivity index (χ1) is 11.5. The van der Waals surface area contributed by atoms with Crippen LogP contribution in [-0.4, -0.2) is 46.7 Å². The van der Waals surface area contributed by atoms with E-state index < -0.39 is 35.0 Å². The maximum atomic E-state index is 14.2. The van der Waals surface area contributed by atoms with Gasteiger partial charge in [-0.2, -0.15) is 0 Å². The molecule has 1 aromatic rings. The molecule has 0 saturated carbocycles. The molecule has 2 heterocycles. The monoisotopic (exact) mass is 358 g/mol. The van der Waals surface area contributed by atoms with Crippen molar-refractivity contribution in [2.24, 2.45) is 0 Å². The number of rotatable bonds is 3. The topological polar surface area (TPSA) is 97.6 Å². The van der Waals surface area contributed by atoms with Crippen molar-refractivity contribution in [2.45, 2.75) is 44.8 Å². The van der Waals surface area contributed by atoms with Gasteiger partial charge in [0.25, 0.3) is 5.92 Å². The van der Waals surface area contributed by atoms with Gasteiger partial charge < -0.3 is 15.0 Å². The Kier molecular flexibility index (Phi) is 5.09. The zero-order valence-corrected chi connectivity index (χ0v) is 14.2. The Bertz CT molecular complexity index is 663. The highest BCUT2D eigenvalue weighted by Gasteiger charge is 2.46. The first-order valence-corrected chi connectivity index (χ1v) is 7.70. The molecule has 0 spiro atoms. The zero-order valence-electron chi connectivity index (χ0n) is 14.2. The van der Waals surface area contributed by atoms with E-state index in [4.69, 9.17) is 4.74 Å². The van der Waals surface area contributed by atoms with Crippen LogP contribution >= 0.6 is 0 Å². The third-order valence-electron chi connectivity index (χ3n) is 3.63. The second-order valence-corrected chi connectivity index (χ2v) is 6.78. The number of halogens is 2. The van der Waals surface area contributed by atoms with E-state index >= 15 is 0 Å². The van der Waals surface area contributed by atoms with Crippen LogP contribution in [0.25, 0.3) is 0 Å². The molecule has 1 aliphatic heterocycles. The molecule has 8 nitrogen and oxygen atoms in total. The van der Waals surface area contributed by atoms with Gasteiger partial charge >= 0.3 is 11.8 Å². The lowest BCUT2D eigenvalue weighted by Gasteiger charge is -2.39. The van der Waals surface area contributed by atoms with Crippen LogP contribution in [0.4, 0.5) is 25.0 Å². The van der Waals surface area contributed by atoms with Gasteiger partial charge in [0.1, 0.15) is 23.5 Å². The molecule has 10 heteroatoms. The van der Waals surface area contributed by atoms with Crippen molar-refractivity contribution in [3.05, 3.63) is 28.6 Å². The van der Waals surface area contributed by atoms with Gasteiger partial charge in [-0.25, -0.2) is 13.6 Å². The minimum absolute atomic E-state index is 0.0790. The van der Waals surface area contributed by atoms with Crippen LogP contribution in [0.5, 0.6) is 0 Å². The van der Waals surface area contributed by atoms with Gasteiger partial charge in [0.05, 0.1) is 4.92 Å². The first-order valence-electron chi connectivity index (χ1n) is 7.70. The van der Waals surface area contributed by atoms with Gasteiger partial charge in [-0.05, 0) is 26.8 Å². The fourth-order valence-electron chi connectivity index (χ4n) is 2.51. The molecule has 25 heavy (non-hydrogen) atoms. The average Bonchev–Trinajstić information content (AvgIpc) is 2.47. The molecule has 1 saturated heterocycles. The fraction of sp³-hybridized carbons (Fsp3) is 0.600. The molecule has 1 aromatic heterocycles. The molecule has 1 N–H and O–H groups in total. The van der Waals surface area contributed by atoms with E-state index in [2.05, 4.69) is 10.3 Å². The molecule has 0 aliphatic carbocycles. The molecular weight excluding hydrogens is 338 g/mol. The van der Waals surface area contributed by atoms with Crippen molar-refractivity contribution in [3.63, 3.8) is 0 Å². The van der Waals surface area contributed by atoms with E-state index in [0.29, 0.717) is 0 Å². The van der Waals surface area contributed by atoms with E-state index in [9.17, 15) is 23.7 Å². The van der Waals surface area contributed by atoms with Gasteiger partial charge in [0.15, 0.2) is 0 Å². The summed E-state index contributed by atoms with van der Waals surface area (Å²) in [6.07, 6.45) is 0.916. The van der Waals surface area contributed by atoms with Crippen LogP contribution < -0.4 is 10.2 Å². The fourth-order valence-corrected chi connectivity index (χ4v) is 2.51. The Labute approximate surface area is 143 Å². The lowest BCUT2D eigenvalue weighted by molar-refractivity contribution is -0.384. The molecule has 0 aromatic carbocycles. The molecule has 0 unspecified atom stereocenters. The van der Waals surface area contributed by atoms with Gasteiger partial charge in [0.2, 0.25) is 0 Å². The number of alkyl carbamates (subject to hydrolysis) is 1. The number of anilines is 1. The van der Waals surface area contributed by atoms with Crippen LogP contribution in [0.2, 0.25) is 0 Å². The minimum Gasteiger partial charge on any atom is -0.444 e. The number of hydrogen-bond donors (Lipinski definition) is 1. The van der Waals surface area contributed by atoms with Crippen LogP contribution in [0, 0.1) is 10.1 Å². The van der Waals surface area contributed by atoms with Crippen molar-refractivity contribution in [1.82, 2.24) is 10.3 Å². The van der Waals surface area contributed by atoms with Gasteiger partial charge in [-0.3, -0.25) is 15.1 Å². The van der Waals surface area contributed by atoms with Crippen LogP contribution in [0.15, 0.2) is 18.5 Å². The predicted octanol–water partition coefficient (Wildman–Crippen LogP) is 2.73. The highest BCUT2D eigenvalue weighted by atomic mass is 19.3. The van der Waals surface area contributed by atoms with E-state index in [1.165, 1.54) is 17.2 Å². The molecule has 1 amide bonds. The summed E-state index contributed by atoms with van der Waals surface area (Å²) in [6, 6.07) is -0.129. The second kappa shape index (κ2) is 6.77. The number of nitrogens with zero attached hydrogens (tertiary/aromatic N) is 3. The van der Waals surface area contributed by atoms with Gasteiger partial charge in [-0.1, -0.05) is 0 Å². The number of piperidine rings is 1. The summed E-state index contributed by atoms with van der Waals surface area (Å²) in [5, 5.41) is 13.3. The van der Waals surface area contributed by atoms with Crippen LogP contribution in [-0.2, 0) is 4.74 Å². The molecule has 2 rings (SSSR count). The lowest BCUT2D eigenvalue weighted by atomic mass is 10.0. The molecular formula is C15H20F2N4O4. The SMILES string of the molecule is CC(C)(C)OC(=O)N[C@@H]1CN(c2ccncc2[N+](=O)[O-])CCC1(F)F. The summed E-state index contributed by atoms with van der Waals surface area (Å²) in [6.45, 7) is 4.51. The number of nitro groups is 1. The van der Waals surface area contributed by atoms with Crippen molar-refractivity contribution >= 4 is 17.5 Å². The number of hydrogen-bond acceptors (Lipinski definition) is 6. The average molecular weight is 358 g/mol. The quantitative estimate of drug-likeness (QED) is 0.659. The minimum atomic E-state index is -3.14. The summed E-state index contributed by atoms with van der Waals surface area (Å²) >= 11 is 0. The van der Waals surface area contributed by atoms with Crippen molar-refractivity contribution < 1.29 is 23.2 Å². The number of aromatic nitrogens is 1. The number of carbonyl (C=O) groups excluding carboxylic acids is 1. The Morgan fingerprint density at radius 2 is 2.20 bits per heavy atom. The summed E-state index contributed by atoms with van der Waals surface area (Å²) in [7, 11) is 0. The maximum Gasteiger partial charge on any atom is 0.408 e. The lowest BCUT2D eigenvalue weighted by Crippen LogP contribution is -2.59. The summed E-state index contributed by atoms with van der Waals surface area (Å²) < 4.78 is 33.4. The standard InChI is InChI=1S/C15H20F2N4O4/c1-14(2,3)25-13(22)19-12-9-20(7-5-15(12,16)17)10-4-6-18-8-11(10)21(23)24/h4,6,8,12H,5,7,9H2,1-3H3,(H,19,22)/t12-/m1/s1. The maximum absolute atomic E-state index is 14.2. The number of pyridine rings is 1. The summed E-state index contributed by atoms with van der Waals surface area (Å²) in [5.74, 6) is -3.14. The largest absolute Gasteiger partial charge is 0.444 e. The highest BCUT2D eigenvalue weighted by molar-refractivity contribution is 5.69. The highest BCUT2D eigenvalue weighted by Crippen LogP contribution is 2.34. The molecule has 1 fully saturated rings. The number of amides is 1. The van der Waals surface area contributed by atoms with Crippen molar-refractivity contribution in [3.8, 4) is 0 Å². The molecule has 138 valence electrons. The summed E-state index contributed by atoms with van der Waals surface area (Å²) in [5.41, 5.74) is -0.910. The number of nitrogens with one attached hydrogen (secondary N) is 1. The van der Waals surface area contributed by atoms with E-state index in [1.807, 2.05) is 0 Å². The number of ether oxygens (including phenoxy) is 1. The predicted molar refractivity (Wildman–Crippen MR) is 85.8 cm³/mol. The second-order valence-electron chi connectivity index (χ2n) is 6.78. The third-order valence-corrected chi connectivity index (χ3v) is 3.63. The Morgan fingerprint density at radius 1 is 1.52 bits per heavy atom. The Morgan fingerprint density at radius 3 is 2.80 bits per heavy atom. The normalized spacial score (nSPS) is 20.0. The van der Waals surface area contributed by atoms with E-state index in [1.54, 1.807) is 20.8 Å². The third kappa shape index (κ3) is 4.74. The molecule has 0 bridgehead atoms. The zero-order chi connectivity index (χ0) is 18.8. The molecule has 1 aliphatic rings. The molecule has 1 atom stereocenters. The summed E-state index contributed by atoms with van der Waals surface area (Å²) in [4.78, 5) is 27.5. The Balaban J connectivity index is 2.18.